The van der Waals surface area contributed by atoms with Crippen molar-refractivity contribution in [2.75, 3.05) is 12.5 Å². The zero-order valence-corrected chi connectivity index (χ0v) is 7.67. The Morgan fingerprint density at radius 3 is 2.54 bits per heavy atom. The van der Waals surface area contributed by atoms with Crippen LogP contribution < -0.4 is 4.74 Å². The molecule has 1 rings (SSSR count). The number of rotatable bonds is 4. The van der Waals surface area contributed by atoms with E-state index in [1.165, 1.54) is 24.3 Å². The number of alkyl halides is 1. The number of benzene rings is 1. The smallest absolute Gasteiger partial charge is 0.123 e. The van der Waals surface area contributed by atoms with Crippen LogP contribution in [0.15, 0.2) is 24.3 Å². The van der Waals surface area contributed by atoms with Crippen molar-refractivity contribution in [2.24, 2.45) is 0 Å². The van der Waals surface area contributed by atoms with Gasteiger partial charge >= 0.3 is 0 Å². The van der Waals surface area contributed by atoms with Gasteiger partial charge in [0.1, 0.15) is 24.3 Å². The van der Waals surface area contributed by atoms with E-state index in [1.807, 2.05) is 0 Å². The highest BCUT2D eigenvalue weighted by Gasteiger charge is 2.02. The van der Waals surface area contributed by atoms with Crippen LogP contribution >= 0.6 is 11.6 Å². The van der Waals surface area contributed by atoms with Gasteiger partial charge < -0.3 is 9.84 Å². The number of halogens is 2. The lowest BCUT2D eigenvalue weighted by Gasteiger charge is -2.08. The molecule has 0 saturated heterocycles. The van der Waals surface area contributed by atoms with Crippen molar-refractivity contribution in [3.05, 3.63) is 30.1 Å². The molecule has 1 atom stereocenters. The van der Waals surface area contributed by atoms with Crippen LogP contribution in [-0.4, -0.2) is 23.7 Å². The topological polar surface area (TPSA) is 29.5 Å². The number of hydrogen-bond acceptors (Lipinski definition) is 2. The SMILES string of the molecule is OC(CCl)COc1ccc(F)cc1. The van der Waals surface area contributed by atoms with E-state index >= 15 is 0 Å². The second-order valence-electron chi connectivity index (χ2n) is 2.57. The van der Waals surface area contributed by atoms with E-state index < -0.39 is 6.10 Å². The lowest BCUT2D eigenvalue weighted by molar-refractivity contribution is 0.125. The molecule has 0 aliphatic rings. The van der Waals surface area contributed by atoms with Crippen LogP contribution in [0.5, 0.6) is 5.75 Å². The first-order chi connectivity index (χ1) is 6.22. The van der Waals surface area contributed by atoms with E-state index in [0.29, 0.717) is 5.75 Å². The summed E-state index contributed by atoms with van der Waals surface area (Å²) in [6, 6.07) is 5.58. The van der Waals surface area contributed by atoms with Crippen LogP contribution in [0.25, 0.3) is 0 Å². The molecule has 0 fully saturated rings. The van der Waals surface area contributed by atoms with Gasteiger partial charge in [-0.2, -0.15) is 0 Å². The largest absolute Gasteiger partial charge is 0.491 e. The summed E-state index contributed by atoms with van der Waals surface area (Å²) in [7, 11) is 0. The molecular formula is C9H10ClFO2. The molecule has 0 radical (unpaired) electrons. The fourth-order valence-electron chi connectivity index (χ4n) is 0.768. The van der Waals surface area contributed by atoms with Gasteiger partial charge in [0.25, 0.3) is 0 Å². The van der Waals surface area contributed by atoms with Crippen LogP contribution in [0.4, 0.5) is 4.39 Å². The predicted molar refractivity (Wildman–Crippen MR) is 48.6 cm³/mol. The van der Waals surface area contributed by atoms with Gasteiger partial charge in [0.2, 0.25) is 0 Å². The van der Waals surface area contributed by atoms with Crippen LogP contribution in [0.2, 0.25) is 0 Å². The molecule has 0 heterocycles. The lowest BCUT2D eigenvalue weighted by Crippen LogP contribution is -2.18. The minimum atomic E-state index is -0.688. The summed E-state index contributed by atoms with van der Waals surface area (Å²) >= 11 is 5.35. The number of hydrogen-bond donors (Lipinski definition) is 1. The average Bonchev–Trinajstić information content (AvgIpc) is 2.16. The molecular weight excluding hydrogens is 195 g/mol. The molecule has 72 valence electrons. The van der Waals surface area contributed by atoms with E-state index in [2.05, 4.69) is 0 Å². The Balaban J connectivity index is 2.41. The van der Waals surface area contributed by atoms with E-state index in [4.69, 9.17) is 21.4 Å². The molecule has 4 heteroatoms. The maximum atomic E-state index is 12.4. The van der Waals surface area contributed by atoms with Gasteiger partial charge in [0, 0.05) is 0 Å². The van der Waals surface area contributed by atoms with E-state index in [9.17, 15) is 4.39 Å². The molecule has 0 saturated carbocycles. The third kappa shape index (κ3) is 3.61. The molecule has 13 heavy (non-hydrogen) atoms. The summed E-state index contributed by atoms with van der Waals surface area (Å²) in [5.41, 5.74) is 0. The third-order valence-corrected chi connectivity index (χ3v) is 1.79. The Labute approximate surface area is 80.9 Å². The van der Waals surface area contributed by atoms with Gasteiger partial charge in [-0.3, -0.25) is 0 Å². The van der Waals surface area contributed by atoms with Crippen LogP contribution in [0.1, 0.15) is 0 Å². The first-order valence-corrected chi connectivity index (χ1v) is 4.38. The zero-order chi connectivity index (χ0) is 9.68. The maximum absolute atomic E-state index is 12.4. The molecule has 0 amide bonds. The van der Waals surface area contributed by atoms with Crippen LogP contribution in [0, 0.1) is 5.82 Å². The standard InChI is InChI=1S/C9H10ClFO2/c10-5-8(12)6-13-9-3-1-7(11)2-4-9/h1-4,8,12H,5-6H2. The highest BCUT2D eigenvalue weighted by molar-refractivity contribution is 6.18. The summed E-state index contributed by atoms with van der Waals surface area (Å²) in [6.07, 6.45) is -0.688. The van der Waals surface area contributed by atoms with Gasteiger partial charge in [-0.05, 0) is 24.3 Å². The second kappa shape index (κ2) is 5.04. The minimum absolute atomic E-state index is 0.120. The van der Waals surface area contributed by atoms with E-state index in [0.717, 1.165) is 0 Å². The van der Waals surface area contributed by atoms with Crippen molar-refractivity contribution in [3.63, 3.8) is 0 Å². The zero-order valence-electron chi connectivity index (χ0n) is 6.91. The Kier molecular flexibility index (Phi) is 3.99. The van der Waals surface area contributed by atoms with Crippen LogP contribution in [0.3, 0.4) is 0 Å². The highest BCUT2D eigenvalue weighted by atomic mass is 35.5. The fourth-order valence-corrected chi connectivity index (χ4v) is 0.857. The summed E-state index contributed by atoms with van der Waals surface area (Å²) in [6.45, 7) is 0.120. The Morgan fingerprint density at radius 1 is 1.38 bits per heavy atom. The van der Waals surface area contributed by atoms with Gasteiger partial charge in [0.15, 0.2) is 0 Å². The number of aliphatic hydroxyl groups excluding tert-OH is 1. The Bertz CT molecular complexity index is 250. The number of ether oxygens (including phenoxy) is 1. The average molecular weight is 205 g/mol. The van der Waals surface area contributed by atoms with Crippen molar-refractivity contribution in [2.45, 2.75) is 6.10 Å². The Morgan fingerprint density at radius 2 is 2.00 bits per heavy atom. The quantitative estimate of drug-likeness (QED) is 0.758. The normalized spacial score (nSPS) is 12.5. The maximum Gasteiger partial charge on any atom is 0.123 e. The summed E-state index contributed by atoms with van der Waals surface area (Å²) in [4.78, 5) is 0. The first kappa shape index (κ1) is 10.3. The molecule has 0 spiro atoms. The monoisotopic (exact) mass is 204 g/mol. The van der Waals surface area contributed by atoms with Crippen molar-refractivity contribution in [1.82, 2.24) is 0 Å². The second-order valence-corrected chi connectivity index (χ2v) is 2.88. The van der Waals surface area contributed by atoms with Crippen molar-refractivity contribution < 1.29 is 14.2 Å². The van der Waals surface area contributed by atoms with Gasteiger partial charge in [0.05, 0.1) is 5.88 Å². The van der Waals surface area contributed by atoms with Gasteiger partial charge in [-0.15, -0.1) is 11.6 Å². The molecule has 0 aromatic heterocycles. The fraction of sp³-hybridized carbons (Fsp3) is 0.333. The lowest BCUT2D eigenvalue weighted by atomic mass is 10.3. The van der Waals surface area contributed by atoms with Crippen LogP contribution in [-0.2, 0) is 0 Å². The van der Waals surface area contributed by atoms with Crippen molar-refractivity contribution >= 4 is 11.6 Å². The minimum Gasteiger partial charge on any atom is -0.491 e. The van der Waals surface area contributed by atoms with E-state index in [-0.39, 0.29) is 18.3 Å². The molecule has 1 aromatic rings. The van der Waals surface area contributed by atoms with E-state index in [1.54, 1.807) is 0 Å². The molecule has 0 bridgehead atoms. The summed E-state index contributed by atoms with van der Waals surface area (Å²) in [5, 5.41) is 9.04. The molecule has 1 aromatic carbocycles. The molecule has 0 aliphatic heterocycles. The molecule has 2 nitrogen and oxygen atoms in total. The Hall–Kier alpha value is -0.800. The summed E-state index contributed by atoms with van der Waals surface area (Å²) < 4.78 is 17.5. The molecule has 1 N–H and O–H groups in total. The van der Waals surface area contributed by atoms with Crippen molar-refractivity contribution in [1.29, 1.82) is 0 Å². The predicted octanol–water partition coefficient (Wildman–Crippen LogP) is 1.80. The molecule has 1 unspecified atom stereocenters. The highest BCUT2D eigenvalue weighted by Crippen LogP contribution is 2.11. The van der Waals surface area contributed by atoms with Gasteiger partial charge in [-0.25, -0.2) is 4.39 Å². The molecule has 0 aliphatic carbocycles. The summed E-state index contributed by atoms with van der Waals surface area (Å²) in [5.74, 6) is 0.331. The van der Waals surface area contributed by atoms with Gasteiger partial charge in [-0.1, -0.05) is 0 Å². The van der Waals surface area contributed by atoms with Crippen molar-refractivity contribution in [3.8, 4) is 5.75 Å². The first-order valence-electron chi connectivity index (χ1n) is 3.85. The third-order valence-electron chi connectivity index (χ3n) is 1.43. The number of aliphatic hydroxyl groups is 1.